The van der Waals surface area contributed by atoms with Crippen molar-refractivity contribution in [2.45, 2.75) is 38.8 Å². The molecule has 4 rings (SSSR count). The van der Waals surface area contributed by atoms with Gasteiger partial charge < -0.3 is 14.8 Å². The van der Waals surface area contributed by atoms with Crippen LogP contribution in [0.5, 0.6) is 11.5 Å². The zero-order chi connectivity index (χ0) is 19.3. The maximum Gasteiger partial charge on any atom is 0.234 e. The van der Waals surface area contributed by atoms with Crippen LogP contribution in [0.3, 0.4) is 0 Å². The molecule has 148 valence electrons. The number of carbonyl (C=O) groups is 1. The third-order valence-corrected chi connectivity index (χ3v) is 5.48. The van der Waals surface area contributed by atoms with E-state index in [-0.39, 0.29) is 11.9 Å². The van der Waals surface area contributed by atoms with Crippen molar-refractivity contribution in [2.24, 2.45) is 0 Å². The third-order valence-electron chi connectivity index (χ3n) is 5.48. The fourth-order valence-corrected chi connectivity index (χ4v) is 3.93. The van der Waals surface area contributed by atoms with Gasteiger partial charge in [-0.25, -0.2) is 0 Å². The normalized spacial score (nSPS) is 19.2. The van der Waals surface area contributed by atoms with E-state index in [0.717, 1.165) is 42.9 Å². The van der Waals surface area contributed by atoms with Gasteiger partial charge in [-0.2, -0.15) is 0 Å². The maximum absolute atomic E-state index is 12.5. The first kappa shape index (κ1) is 18.8. The van der Waals surface area contributed by atoms with E-state index in [0.29, 0.717) is 26.3 Å². The van der Waals surface area contributed by atoms with Crippen LogP contribution >= 0.6 is 0 Å². The molecule has 1 saturated heterocycles. The molecule has 0 saturated carbocycles. The zero-order valence-electron chi connectivity index (χ0n) is 16.4. The van der Waals surface area contributed by atoms with Gasteiger partial charge in [0.25, 0.3) is 0 Å². The quantitative estimate of drug-likeness (QED) is 0.861. The van der Waals surface area contributed by atoms with Gasteiger partial charge in [-0.15, -0.1) is 0 Å². The summed E-state index contributed by atoms with van der Waals surface area (Å²) in [6, 6.07) is 14.7. The summed E-state index contributed by atoms with van der Waals surface area (Å²) >= 11 is 0. The molecule has 2 aromatic rings. The molecular weight excluding hydrogens is 352 g/mol. The molecule has 1 amide bonds. The van der Waals surface area contributed by atoms with Gasteiger partial charge in [0.2, 0.25) is 5.91 Å². The average molecular weight is 380 g/mol. The van der Waals surface area contributed by atoms with Crippen LogP contribution in [0.15, 0.2) is 42.5 Å². The molecule has 28 heavy (non-hydrogen) atoms. The number of hydrogen-bond donors (Lipinski definition) is 1. The largest absolute Gasteiger partial charge is 0.490 e. The Balaban J connectivity index is 1.37. The molecular formula is C23H28N2O3. The Labute approximate surface area is 166 Å². The van der Waals surface area contributed by atoms with E-state index in [4.69, 9.17) is 9.47 Å². The fourth-order valence-electron chi connectivity index (χ4n) is 3.93. The SMILES string of the molecule is Cc1ccc(CNC(=O)CN2CCC[C@H]2c2ccc3c(c2)OCCCO3)cc1. The topological polar surface area (TPSA) is 50.8 Å². The van der Waals surface area contributed by atoms with Crippen LogP contribution in [0.25, 0.3) is 0 Å². The Morgan fingerprint density at radius 1 is 1.07 bits per heavy atom. The molecule has 1 atom stereocenters. The van der Waals surface area contributed by atoms with Crippen LogP contribution in [-0.4, -0.2) is 37.1 Å². The standard InChI is InChI=1S/C23H28N2O3/c1-17-5-7-18(8-6-17)15-24-23(26)16-25-11-2-4-20(25)19-9-10-21-22(14-19)28-13-3-12-27-21/h5-10,14,20H,2-4,11-13,15-16H2,1H3,(H,24,26)/t20-/m0/s1. The van der Waals surface area contributed by atoms with Gasteiger partial charge in [0.15, 0.2) is 11.5 Å². The highest BCUT2D eigenvalue weighted by Gasteiger charge is 2.28. The summed E-state index contributed by atoms with van der Waals surface area (Å²) < 4.78 is 11.6. The first-order chi connectivity index (χ1) is 13.7. The lowest BCUT2D eigenvalue weighted by atomic mass is 10.0. The molecule has 5 heteroatoms. The molecule has 0 radical (unpaired) electrons. The Morgan fingerprint density at radius 3 is 2.68 bits per heavy atom. The summed E-state index contributed by atoms with van der Waals surface area (Å²) in [5.74, 6) is 1.72. The first-order valence-electron chi connectivity index (χ1n) is 10.1. The predicted octanol–water partition coefficient (Wildman–Crippen LogP) is 3.61. The van der Waals surface area contributed by atoms with Gasteiger partial charge in [0.05, 0.1) is 19.8 Å². The highest BCUT2D eigenvalue weighted by atomic mass is 16.5. The number of nitrogens with one attached hydrogen (secondary N) is 1. The molecule has 2 aromatic carbocycles. The first-order valence-corrected chi connectivity index (χ1v) is 10.1. The van der Waals surface area contributed by atoms with Gasteiger partial charge >= 0.3 is 0 Å². The van der Waals surface area contributed by atoms with Crippen molar-refractivity contribution in [3.05, 3.63) is 59.2 Å². The number of benzene rings is 2. The van der Waals surface area contributed by atoms with Crippen molar-refractivity contribution in [2.75, 3.05) is 26.3 Å². The van der Waals surface area contributed by atoms with Gasteiger partial charge in [-0.1, -0.05) is 35.9 Å². The molecule has 2 heterocycles. The minimum absolute atomic E-state index is 0.0711. The van der Waals surface area contributed by atoms with Crippen molar-refractivity contribution in [1.29, 1.82) is 0 Å². The Hall–Kier alpha value is -2.53. The minimum atomic E-state index is 0.0711. The number of carbonyl (C=O) groups excluding carboxylic acids is 1. The van der Waals surface area contributed by atoms with Gasteiger partial charge in [-0.3, -0.25) is 9.69 Å². The van der Waals surface area contributed by atoms with Crippen molar-refractivity contribution in [3.8, 4) is 11.5 Å². The number of nitrogens with zero attached hydrogens (tertiary/aromatic N) is 1. The number of aryl methyl sites for hydroxylation is 1. The maximum atomic E-state index is 12.5. The second kappa shape index (κ2) is 8.65. The van der Waals surface area contributed by atoms with E-state index in [1.807, 2.05) is 6.07 Å². The molecule has 2 aliphatic heterocycles. The predicted molar refractivity (Wildman–Crippen MR) is 109 cm³/mol. The van der Waals surface area contributed by atoms with Crippen LogP contribution in [0, 0.1) is 6.92 Å². The van der Waals surface area contributed by atoms with Crippen LogP contribution in [-0.2, 0) is 11.3 Å². The molecule has 0 unspecified atom stereocenters. The number of hydrogen-bond acceptors (Lipinski definition) is 4. The van der Waals surface area contributed by atoms with Gasteiger partial charge in [-0.05, 0) is 49.6 Å². The molecule has 0 aromatic heterocycles. The second-order valence-corrected chi connectivity index (χ2v) is 7.65. The zero-order valence-corrected chi connectivity index (χ0v) is 16.4. The Kier molecular flexibility index (Phi) is 5.81. The summed E-state index contributed by atoms with van der Waals surface area (Å²) in [5.41, 5.74) is 3.55. The third kappa shape index (κ3) is 4.47. The van der Waals surface area contributed by atoms with Crippen LogP contribution in [0.2, 0.25) is 0 Å². The Morgan fingerprint density at radius 2 is 1.86 bits per heavy atom. The monoisotopic (exact) mass is 380 g/mol. The lowest BCUT2D eigenvalue weighted by Gasteiger charge is -2.25. The lowest BCUT2D eigenvalue weighted by Crippen LogP contribution is -2.36. The summed E-state index contributed by atoms with van der Waals surface area (Å²) in [7, 11) is 0. The molecule has 0 bridgehead atoms. The van der Waals surface area contributed by atoms with Crippen LogP contribution < -0.4 is 14.8 Å². The van der Waals surface area contributed by atoms with Crippen LogP contribution in [0.1, 0.15) is 42.0 Å². The highest BCUT2D eigenvalue weighted by molar-refractivity contribution is 5.78. The number of rotatable bonds is 5. The molecule has 5 nitrogen and oxygen atoms in total. The molecule has 1 N–H and O–H groups in total. The van der Waals surface area contributed by atoms with E-state index in [9.17, 15) is 4.79 Å². The smallest absolute Gasteiger partial charge is 0.234 e. The highest BCUT2D eigenvalue weighted by Crippen LogP contribution is 2.37. The van der Waals surface area contributed by atoms with Crippen LogP contribution in [0.4, 0.5) is 0 Å². The second-order valence-electron chi connectivity index (χ2n) is 7.65. The van der Waals surface area contributed by atoms with E-state index < -0.39 is 0 Å². The number of amides is 1. The number of likely N-dealkylation sites (tertiary alicyclic amines) is 1. The van der Waals surface area contributed by atoms with Crippen molar-refractivity contribution < 1.29 is 14.3 Å². The number of ether oxygens (including phenoxy) is 2. The van der Waals surface area contributed by atoms with Crippen molar-refractivity contribution in [1.82, 2.24) is 10.2 Å². The summed E-state index contributed by atoms with van der Waals surface area (Å²) in [5, 5.41) is 3.05. The molecule has 1 fully saturated rings. The van der Waals surface area contributed by atoms with E-state index in [1.165, 1.54) is 11.1 Å². The van der Waals surface area contributed by atoms with E-state index in [2.05, 4.69) is 53.5 Å². The fraction of sp³-hybridized carbons (Fsp3) is 0.435. The van der Waals surface area contributed by atoms with Gasteiger partial charge in [0.1, 0.15) is 0 Å². The average Bonchev–Trinajstić information content (AvgIpc) is 3.03. The molecule has 2 aliphatic rings. The molecule has 0 spiro atoms. The summed E-state index contributed by atoms with van der Waals surface area (Å²) in [6.07, 6.45) is 3.07. The van der Waals surface area contributed by atoms with Crippen molar-refractivity contribution in [3.63, 3.8) is 0 Å². The Bertz CT molecular complexity index is 819. The molecule has 0 aliphatic carbocycles. The summed E-state index contributed by atoms with van der Waals surface area (Å²) in [4.78, 5) is 14.8. The van der Waals surface area contributed by atoms with Gasteiger partial charge in [0, 0.05) is 19.0 Å². The minimum Gasteiger partial charge on any atom is -0.490 e. The van der Waals surface area contributed by atoms with E-state index >= 15 is 0 Å². The summed E-state index contributed by atoms with van der Waals surface area (Å²) in [6.45, 7) is 5.38. The lowest BCUT2D eigenvalue weighted by molar-refractivity contribution is -0.122. The van der Waals surface area contributed by atoms with E-state index in [1.54, 1.807) is 0 Å². The number of fused-ring (bicyclic) bond motifs is 1. The van der Waals surface area contributed by atoms with Crippen molar-refractivity contribution >= 4 is 5.91 Å².